The molecule has 0 radical (unpaired) electrons. The summed E-state index contributed by atoms with van der Waals surface area (Å²) in [6.45, 7) is 6.70. The lowest BCUT2D eigenvalue weighted by molar-refractivity contribution is 0.0580. The van der Waals surface area contributed by atoms with E-state index in [0.29, 0.717) is 12.0 Å². The van der Waals surface area contributed by atoms with Gasteiger partial charge in [0.25, 0.3) is 6.43 Å². The second kappa shape index (κ2) is 5.61. The van der Waals surface area contributed by atoms with Crippen molar-refractivity contribution in [1.29, 1.82) is 0 Å². The van der Waals surface area contributed by atoms with E-state index in [1.165, 1.54) is 0 Å². The average Bonchev–Trinajstić information content (AvgIpc) is 2.09. The SMILES string of the molecule is CCNC1CCN(CC(F)F)CC1C. The van der Waals surface area contributed by atoms with Gasteiger partial charge in [0.2, 0.25) is 0 Å². The van der Waals surface area contributed by atoms with Crippen LogP contribution in [0.25, 0.3) is 0 Å². The number of hydrogen-bond acceptors (Lipinski definition) is 2. The molecular weight excluding hydrogens is 186 g/mol. The molecule has 0 saturated carbocycles. The van der Waals surface area contributed by atoms with Crippen molar-refractivity contribution in [3.05, 3.63) is 0 Å². The van der Waals surface area contributed by atoms with Gasteiger partial charge >= 0.3 is 0 Å². The van der Waals surface area contributed by atoms with Crippen LogP contribution in [0.2, 0.25) is 0 Å². The number of piperidine rings is 1. The molecule has 0 aromatic heterocycles. The Kier molecular flexibility index (Phi) is 4.75. The summed E-state index contributed by atoms with van der Waals surface area (Å²) in [6, 6.07) is 0.508. The van der Waals surface area contributed by atoms with Crippen molar-refractivity contribution in [2.75, 3.05) is 26.2 Å². The largest absolute Gasteiger partial charge is 0.314 e. The number of nitrogens with one attached hydrogen (secondary N) is 1. The highest BCUT2D eigenvalue weighted by Gasteiger charge is 2.26. The second-order valence-electron chi connectivity index (χ2n) is 4.08. The maximum absolute atomic E-state index is 12.1. The Hall–Kier alpha value is -0.220. The van der Waals surface area contributed by atoms with E-state index in [1.807, 2.05) is 4.90 Å². The summed E-state index contributed by atoms with van der Waals surface area (Å²) in [5.41, 5.74) is 0. The predicted molar refractivity (Wildman–Crippen MR) is 53.7 cm³/mol. The van der Waals surface area contributed by atoms with Gasteiger partial charge in [-0.2, -0.15) is 0 Å². The molecule has 84 valence electrons. The summed E-state index contributed by atoms with van der Waals surface area (Å²) < 4.78 is 24.3. The molecule has 2 atom stereocenters. The van der Waals surface area contributed by atoms with Gasteiger partial charge in [-0.25, -0.2) is 8.78 Å². The molecule has 2 unspecified atom stereocenters. The molecule has 1 N–H and O–H groups in total. The summed E-state index contributed by atoms with van der Waals surface area (Å²) in [6.07, 6.45) is -1.21. The Labute approximate surface area is 84.7 Å². The van der Waals surface area contributed by atoms with Crippen LogP contribution in [0.15, 0.2) is 0 Å². The molecule has 0 spiro atoms. The highest BCUT2D eigenvalue weighted by molar-refractivity contribution is 4.82. The van der Waals surface area contributed by atoms with E-state index < -0.39 is 6.43 Å². The van der Waals surface area contributed by atoms with Gasteiger partial charge in [-0.1, -0.05) is 13.8 Å². The lowest BCUT2D eigenvalue weighted by Crippen LogP contribution is -2.49. The molecule has 0 aliphatic carbocycles. The van der Waals surface area contributed by atoms with Crippen molar-refractivity contribution < 1.29 is 8.78 Å². The van der Waals surface area contributed by atoms with E-state index in [0.717, 1.165) is 26.1 Å². The Morgan fingerprint density at radius 3 is 2.71 bits per heavy atom. The maximum atomic E-state index is 12.1. The van der Waals surface area contributed by atoms with Crippen LogP contribution in [-0.2, 0) is 0 Å². The normalized spacial score (nSPS) is 29.8. The van der Waals surface area contributed by atoms with Gasteiger partial charge < -0.3 is 5.32 Å². The smallest absolute Gasteiger partial charge is 0.251 e. The molecule has 1 aliphatic rings. The van der Waals surface area contributed by atoms with E-state index >= 15 is 0 Å². The molecular formula is C10H20F2N2. The van der Waals surface area contributed by atoms with Crippen molar-refractivity contribution in [3.63, 3.8) is 0 Å². The summed E-state index contributed by atoms with van der Waals surface area (Å²) in [5, 5.41) is 3.39. The van der Waals surface area contributed by atoms with Crippen LogP contribution in [0.4, 0.5) is 8.78 Å². The number of hydrogen-bond donors (Lipinski definition) is 1. The quantitative estimate of drug-likeness (QED) is 0.751. The maximum Gasteiger partial charge on any atom is 0.251 e. The van der Waals surface area contributed by atoms with Gasteiger partial charge in [-0.3, -0.25) is 4.90 Å². The van der Waals surface area contributed by atoms with Crippen LogP contribution in [0.1, 0.15) is 20.3 Å². The van der Waals surface area contributed by atoms with Crippen LogP contribution in [0.3, 0.4) is 0 Å². The zero-order chi connectivity index (χ0) is 10.6. The zero-order valence-electron chi connectivity index (χ0n) is 8.97. The number of likely N-dealkylation sites (tertiary alicyclic amines) is 1. The fourth-order valence-electron chi connectivity index (χ4n) is 2.16. The number of nitrogens with zero attached hydrogens (tertiary/aromatic N) is 1. The van der Waals surface area contributed by atoms with Crippen molar-refractivity contribution in [2.24, 2.45) is 5.92 Å². The van der Waals surface area contributed by atoms with E-state index in [2.05, 4.69) is 19.2 Å². The van der Waals surface area contributed by atoms with Crippen molar-refractivity contribution in [3.8, 4) is 0 Å². The van der Waals surface area contributed by atoms with Crippen molar-refractivity contribution in [1.82, 2.24) is 10.2 Å². The number of halogens is 2. The van der Waals surface area contributed by atoms with Gasteiger partial charge in [0, 0.05) is 12.6 Å². The van der Waals surface area contributed by atoms with E-state index in [1.54, 1.807) is 0 Å². The first-order valence-corrected chi connectivity index (χ1v) is 5.37. The fourth-order valence-corrected chi connectivity index (χ4v) is 2.16. The second-order valence-corrected chi connectivity index (χ2v) is 4.08. The third kappa shape index (κ3) is 3.50. The predicted octanol–water partition coefficient (Wildman–Crippen LogP) is 1.57. The Bertz CT molecular complexity index is 164. The topological polar surface area (TPSA) is 15.3 Å². The molecule has 2 nitrogen and oxygen atoms in total. The fraction of sp³-hybridized carbons (Fsp3) is 1.00. The first kappa shape index (κ1) is 11.9. The molecule has 4 heteroatoms. The van der Waals surface area contributed by atoms with Crippen LogP contribution < -0.4 is 5.32 Å². The van der Waals surface area contributed by atoms with Crippen molar-refractivity contribution >= 4 is 0 Å². The first-order valence-electron chi connectivity index (χ1n) is 5.37. The summed E-state index contributed by atoms with van der Waals surface area (Å²) in [7, 11) is 0. The Morgan fingerprint density at radius 2 is 2.21 bits per heavy atom. The van der Waals surface area contributed by atoms with Crippen LogP contribution in [-0.4, -0.2) is 43.5 Å². The number of alkyl halides is 2. The molecule has 1 aliphatic heterocycles. The lowest BCUT2D eigenvalue weighted by atomic mass is 9.94. The first-order chi connectivity index (χ1) is 6.63. The Morgan fingerprint density at radius 1 is 1.50 bits per heavy atom. The molecule has 14 heavy (non-hydrogen) atoms. The molecule has 1 rings (SSSR count). The van der Waals surface area contributed by atoms with Crippen LogP contribution >= 0.6 is 0 Å². The van der Waals surface area contributed by atoms with Gasteiger partial charge in [0.05, 0.1) is 6.54 Å². The molecule has 0 aromatic rings. The molecule has 0 amide bonds. The highest BCUT2D eigenvalue weighted by atomic mass is 19.3. The third-order valence-corrected chi connectivity index (χ3v) is 2.85. The highest BCUT2D eigenvalue weighted by Crippen LogP contribution is 2.17. The van der Waals surface area contributed by atoms with E-state index in [4.69, 9.17) is 0 Å². The summed E-state index contributed by atoms with van der Waals surface area (Å²) in [4.78, 5) is 1.86. The molecule has 1 heterocycles. The molecule has 1 saturated heterocycles. The third-order valence-electron chi connectivity index (χ3n) is 2.85. The lowest BCUT2D eigenvalue weighted by Gasteiger charge is -2.37. The monoisotopic (exact) mass is 206 g/mol. The van der Waals surface area contributed by atoms with E-state index in [9.17, 15) is 8.78 Å². The molecule has 0 aromatic carbocycles. The van der Waals surface area contributed by atoms with Gasteiger partial charge in [-0.15, -0.1) is 0 Å². The zero-order valence-corrected chi connectivity index (χ0v) is 8.97. The number of rotatable bonds is 4. The van der Waals surface area contributed by atoms with Crippen LogP contribution in [0, 0.1) is 5.92 Å². The molecule has 1 fully saturated rings. The van der Waals surface area contributed by atoms with Crippen molar-refractivity contribution in [2.45, 2.75) is 32.7 Å². The van der Waals surface area contributed by atoms with Gasteiger partial charge in [0.15, 0.2) is 0 Å². The van der Waals surface area contributed by atoms with Crippen LogP contribution in [0.5, 0.6) is 0 Å². The molecule has 0 bridgehead atoms. The Balaban J connectivity index is 2.31. The minimum atomic E-state index is -2.20. The average molecular weight is 206 g/mol. The standard InChI is InChI=1S/C10H20F2N2/c1-3-13-9-4-5-14(6-8(9)2)7-10(11)12/h8-10,13H,3-7H2,1-2H3. The minimum Gasteiger partial charge on any atom is -0.314 e. The summed E-state index contributed by atoms with van der Waals surface area (Å²) >= 11 is 0. The minimum absolute atomic E-state index is 0.0663. The van der Waals surface area contributed by atoms with Gasteiger partial charge in [-0.05, 0) is 25.4 Å². The van der Waals surface area contributed by atoms with Gasteiger partial charge in [0.1, 0.15) is 0 Å². The summed E-state index contributed by atoms with van der Waals surface area (Å²) in [5.74, 6) is 0.474. The van der Waals surface area contributed by atoms with E-state index in [-0.39, 0.29) is 6.54 Å².